The second-order valence-corrected chi connectivity index (χ2v) is 6.52. The van der Waals surface area contributed by atoms with E-state index < -0.39 is 0 Å². The zero-order valence-corrected chi connectivity index (χ0v) is 14.5. The second kappa shape index (κ2) is 7.31. The first-order chi connectivity index (χ1) is 12.0. The summed E-state index contributed by atoms with van der Waals surface area (Å²) in [5, 5.41) is 3.16. The van der Waals surface area contributed by atoms with E-state index in [2.05, 4.69) is 10.3 Å². The number of carbonyl (C=O) groups excluding carboxylic acids is 2. The molecular weight excluding hydrogens is 340 g/mol. The monoisotopic (exact) mass is 356 g/mol. The molecule has 128 valence electrons. The zero-order valence-electron chi connectivity index (χ0n) is 13.7. The maximum absolute atomic E-state index is 12.0. The summed E-state index contributed by atoms with van der Waals surface area (Å²) in [5.74, 6) is -0.0973. The van der Waals surface area contributed by atoms with Gasteiger partial charge in [-0.25, -0.2) is 9.78 Å². The van der Waals surface area contributed by atoms with Crippen LogP contribution in [0, 0.1) is 0 Å². The maximum Gasteiger partial charge on any atom is 0.338 e. The number of thiazole rings is 1. The van der Waals surface area contributed by atoms with E-state index in [0.29, 0.717) is 22.0 Å². The molecule has 3 rings (SSSR count). The fourth-order valence-electron chi connectivity index (χ4n) is 2.08. The third kappa shape index (κ3) is 4.33. The third-order valence-corrected chi connectivity index (χ3v) is 4.07. The summed E-state index contributed by atoms with van der Waals surface area (Å²) >= 11 is 1.29. The van der Waals surface area contributed by atoms with Gasteiger partial charge in [-0.1, -0.05) is 11.3 Å². The number of hydrogen-bond acceptors (Lipinski definition) is 6. The number of ether oxygens (including phenoxy) is 1. The summed E-state index contributed by atoms with van der Waals surface area (Å²) in [7, 11) is 0. The van der Waals surface area contributed by atoms with Crippen LogP contribution in [0.15, 0.2) is 47.1 Å². The molecule has 0 aliphatic heterocycles. The molecule has 0 spiro atoms. The lowest BCUT2D eigenvalue weighted by Gasteiger charge is -2.07. The number of rotatable bonds is 5. The van der Waals surface area contributed by atoms with E-state index in [0.717, 1.165) is 4.70 Å². The van der Waals surface area contributed by atoms with Gasteiger partial charge in [0.1, 0.15) is 5.76 Å². The Kier molecular flexibility index (Phi) is 4.95. The number of anilines is 1. The van der Waals surface area contributed by atoms with Crippen molar-refractivity contribution in [1.29, 1.82) is 0 Å². The van der Waals surface area contributed by atoms with Crippen molar-refractivity contribution in [2.45, 2.75) is 20.0 Å². The molecule has 2 heterocycles. The van der Waals surface area contributed by atoms with Crippen LogP contribution < -0.4 is 5.32 Å². The Labute approximate surface area is 148 Å². The number of hydrogen-bond donors (Lipinski definition) is 1. The molecule has 0 fully saturated rings. The predicted octanol–water partition coefficient (Wildman–Crippen LogP) is 4.11. The van der Waals surface area contributed by atoms with E-state index in [1.807, 2.05) is 0 Å². The van der Waals surface area contributed by atoms with Crippen molar-refractivity contribution in [2.24, 2.45) is 0 Å². The molecule has 0 atom stereocenters. The van der Waals surface area contributed by atoms with Crippen LogP contribution in [0.3, 0.4) is 0 Å². The van der Waals surface area contributed by atoms with E-state index in [1.165, 1.54) is 23.7 Å². The Morgan fingerprint density at radius 1 is 1.32 bits per heavy atom. The molecule has 7 heteroatoms. The third-order valence-electron chi connectivity index (χ3n) is 3.14. The van der Waals surface area contributed by atoms with Crippen LogP contribution in [0.2, 0.25) is 0 Å². The van der Waals surface area contributed by atoms with Crippen LogP contribution in [0.4, 0.5) is 5.13 Å². The average Bonchev–Trinajstić information content (AvgIpc) is 3.20. The standard InChI is InChI=1S/C18H16N2O4S/c1-11(2)24-17(22)12-5-7-14-15(10-12)25-18(19-14)20-16(21)8-6-13-4-3-9-23-13/h3-11H,1-2H3,(H,19,20,21). The lowest BCUT2D eigenvalue weighted by Crippen LogP contribution is -2.11. The van der Waals surface area contributed by atoms with Crippen LogP contribution in [0.1, 0.15) is 30.0 Å². The lowest BCUT2D eigenvalue weighted by atomic mass is 10.2. The molecule has 0 saturated heterocycles. The first-order valence-corrected chi connectivity index (χ1v) is 8.47. The molecule has 6 nitrogen and oxygen atoms in total. The molecule has 0 aliphatic rings. The number of fused-ring (bicyclic) bond motifs is 1. The predicted molar refractivity (Wildman–Crippen MR) is 96.5 cm³/mol. The second-order valence-electron chi connectivity index (χ2n) is 5.49. The van der Waals surface area contributed by atoms with Gasteiger partial charge < -0.3 is 9.15 Å². The first-order valence-electron chi connectivity index (χ1n) is 7.65. The van der Waals surface area contributed by atoms with Crippen molar-refractivity contribution in [1.82, 2.24) is 4.98 Å². The normalized spacial score (nSPS) is 11.3. The molecule has 0 bridgehead atoms. The molecule has 25 heavy (non-hydrogen) atoms. The fraction of sp³-hybridized carbons (Fsp3) is 0.167. The van der Waals surface area contributed by atoms with Crippen molar-refractivity contribution < 1.29 is 18.7 Å². The molecule has 0 aliphatic carbocycles. The number of aromatic nitrogens is 1. The molecule has 1 aromatic carbocycles. The number of nitrogens with one attached hydrogen (secondary N) is 1. The van der Waals surface area contributed by atoms with Gasteiger partial charge in [0.05, 0.1) is 28.1 Å². The smallest absolute Gasteiger partial charge is 0.338 e. The van der Waals surface area contributed by atoms with Gasteiger partial charge in [-0.15, -0.1) is 0 Å². The highest BCUT2D eigenvalue weighted by Gasteiger charge is 2.12. The summed E-state index contributed by atoms with van der Waals surface area (Å²) in [6.45, 7) is 3.60. The van der Waals surface area contributed by atoms with Crippen LogP contribution >= 0.6 is 11.3 Å². The Morgan fingerprint density at radius 3 is 2.88 bits per heavy atom. The van der Waals surface area contributed by atoms with Crippen LogP contribution in [-0.4, -0.2) is 23.0 Å². The van der Waals surface area contributed by atoms with Gasteiger partial charge in [0.2, 0.25) is 5.91 Å². The molecule has 1 N–H and O–H groups in total. The van der Waals surface area contributed by atoms with Gasteiger partial charge >= 0.3 is 5.97 Å². The number of carbonyl (C=O) groups is 2. The molecule has 0 unspecified atom stereocenters. The van der Waals surface area contributed by atoms with Gasteiger partial charge in [-0.3, -0.25) is 10.1 Å². The van der Waals surface area contributed by atoms with Crippen LogP contribution in [-0.2, 0) is 9.53 Å². The molecule has 3 aromatic rings. The molecule has 0 saturated carbocycles. The fourth-order valence-corrected chi connectivity index (χ4v) is 2.99. The van der Waals surface area contributed by atoms with Gasteiger partial charge in [0, 0.05) is 6.08 Å². The minimum atomic E-state index is -0.378. The quantitative estimate of drug-likeness (QED) is 0.550. The molecule has 2 aromatic heterocycles. The number of esters is 1. The highest BCUT2D eigenvalue weighted by atomic mass is 32.1. The van der Waals surface area contributed by atoms with Crippen molar-refractivity contribution in [3.05, 3.63) is 54.0 Å². The Morgan fingerprint density at radius 2 is 2.16 bits per heavy atom. The lowest BCUT2D eigenvalue weighted by molar-refractivity contribution is -0.111. The Balaban J connectivity index is 1.72. The Bertz CT molecular complexity index is 926. The number of furan rings is 1. The summed E-state index contributed by atoms with van der Waals surface area (Å²) < 4.78 is 11.1. The van der Waals surface area contributed by atoms with Crippen molar-refractivity contribution in [3.8, 4) is 0 Å². The first kappa shape index (κ1) is 16.9. The largest absolute Gasteiger partial charge is 0.465 e. The Hall–Kier alpha value is -2.93. The van der Waals surface area contributed by atoms with E-state index in [1.54, 1.807) is 50.3 Å². The van der Waals surface area contributed by atoms with Crippen LogP contribution in [0.5, 0.6) is 0 Å². The highest BCUT2D eigenvalue weighted by molar-refractivity contribution is 7.22. The van der Waals surface area contributed by atoms with E-state index >= 15 is 0 Å². The topological polar surface area (TPSA) is 81.4 Å². The average molecular weight is 356 g/mol. The van der Waals surface area contributed by atoms with E-state index in [4.69, 9.17) is 9.15 Å². The molecule has 0 radical (unpaired) electrons. The van der Waals surface area contributed by atoms with Gasteiger partial charge in [0.15, 0.2) is 5.13 Å². The number of amides is 1. The van der Waals surface area contributed by atoms with E-state index in [-0.39, 0.29) is 18.0 Å². The summed E-state index contributed by atoms with van der Waals surface area (Å²) in [4.78, 5) is 28.2. The summed E-state index contributed by atoms with van der Waals surface area (Å²) in [6, 6.07) is 8.60. The van der Waals surface area contributed by atoms with Crippen molar-refractivity contribution in [3.63, 3.8) is 0 Å². The van der Waals surface area contributed by atoms with Crippen molar-refractivity contribution in [2.75, 3.05) is 5.32 Å². The zero-order chi connectivity index (χ0) is 17.8. The molecule has 1 amide bonds. The maximum atomic E-state index is 12.0. The van der Waals surface area contributed by atoms with E-state index in [9.17, 15) is 9.59 Å². The number of nitrogens with zero attached hydrogens (tertiary/aromatic N) is 1. The van der Waals surface area contributed by atoms with Crippen LogP contribution in [0.25, 0.3) is 16.3 Å². The summed E-state index contributed by atoms with van der Waals surface area (Å²) in [5.41, 5.74) is 1.16. The SMILES string of the molecule is CC(C)OC(=O)c1ccc2nc(NC(=O)C=Cc3ccco3)sc2c1. The van der Waals surface area contributed by atoms with Gasteiger partial charge in [-0.2, -0.15) is 0 Å². The number of benzene rings is 1. The van der Waals surface area contributed by atoms with Gasteiger partial charge in [0.25, 0.3) is 0 Å². The van der Waals surface area contributed by atoms with Crippen molar-refractivity contribution >= 4 is 44.6 Å². The summed E-state index contributed by atoms with van der Waals surface area (Å²) in [6.07, 6.45) is 4.30. The minimum Gasteiger partial charge on any atom is -0.465 e. The highest BCUT2D eigenvalue weighted by Crippen LogP contribution is 2.27. The molecular formula is C18H16N2O4S. The van der Waals surface area contributed by atoms with Gasteiger partial charge in [-0.05, 0) is 50.3 Å². The minimum absolute atomic E-state index is 0.180.